The lowest BCUT2D eigenvalue weighted by atomic mass is 9.95. The van der Waals surface area contributed by atoms with E-state index in [1.54, 1.807) is 12.1 Å². The quantitative estimate of drug-likeness (QED) is 0.779. The highest BCUT2D eigenvalue weighted by atomic mass is 19.1. The molecule has 1 aliphatic rings. The third-order valence-electron chi connectivity index (χ3n) is 3.28. The van der Waals surface area contributed by atoms with Gasteiger partial charge in [0.25, 0.3) is 0 Å². The highest BCUT2D eigenvalue weighted by Crippen LogP contribution is 2.25. The molecule has 110 valence electrons. The van der Waals surface area contributed by atoms with Crippen LogP contribution in [0.15, 0.2) is 24.3 Å². The van der Waals surface area contributed by atoms with Gasteiger partial charge in [-0.05, 0) is 30.7 Å². The normalized spacial score (nSPS) is 22.3. The van der Waals surface area contributed by atoms with Crippen LogP contribution in [0.25, 0.3) is 0 Å². The van der Waals surface area contributed by atoms with E-state index in [0.717, 1.165) is 18.5 Å². The van der Waals surface area contributed by atoms with Crippen molar-refractivity contribution in [1.82, 2.24) is 10.6 Å². The van der Waals surface area contributed by atoms with Crippen LogP contribution in [-0.4, -0.2) is 37.0 Å². The lowest BCUT2D eigenvalue weighted by molar-refractivity contribution is 0.0675. The van der Waals surface area contributed by atoms with Crippen LogP contribution in [0.2, 0.25) is 0 Å². The zero-order valence-corrected chi connectivity index (χ0v) is 11.1. The van der Waals surface area contributed by atoms with E-state index in [2.05, 4.69) is 10.6 Å². The lowest BCUT2D eigenvalue weighted by Crippen LogP contribution is -2.39. The number of benzene rings is 1. The molecule has 0 bridgehead atoms. The minimum absolute atomic E-state index is 0.0555. The molecule has 1 aromatic carbocycles. The second-order valence-corrected chi connectivity index (χ2v) is 4.76. The molecule has 6 heteroatoms. The monoisotopic (exact) mass is 282 g/mol. The van der Waals surface area contributed by atoms with Gasteiger partial charge in [0, 0.05) is 19.0 Å². The van der Waals surface area contributed by atoms with Crippen molar-refractivity contribution in [2.75, 3.05) is 19.7 Å². The molecule has 1 aromatic rings. The van der Waals surface area contributed by atoms with Crippen LogP contribution in [-0.2, 0) is 4.74 Å². The Bertz CT molecular complexity index is 439. The molecule has 2 rings (SSSR count). The van der Waals surface area contributed by atoms with E-state index in [0.29, 0.717) is 6.42 Å². The van der Waals surface area contributed by atoms with Crippen molar-refractivity contribution in [3.63, 3.8) is 0 Å². The molecule has 1 amide bonds. The van der Waals surface area contributed by atoms with E-state index in [-0.39, 0.29) is 31.1 Å². The number of aliphatic hydroxyl groups excluding tert-OH is 1. The van der Waals surface area contributed by atoms with Gasteiger partial charge in [-0.3, -0.25) is 0 Å². The van der Waals surface area contributed by atoms with E-state index in [1.165, 1.54) is 12.1 Å². The number of nitrogens with one attached hydrogen (secondary N) is 2. The van der Waals surface area contributed by atoms with Crippen LogP contribution in [0, 0.1) is 5.82 Å². The molecule has 0 aromatic heterocycles. The second-order valence-electron chi connectivity index (χ2n) is 4.76. The van der Waals surface area contributed by atoms with E-state index in [4.69, 9.17) is 9.84 Å². The fraction of sp³-hybridized carbons (Fsp3) is 0.500. The van der Waals surface area contributed by atoms with Crippen LogP contribution < -0.4 is 10.6 Å². The van der Waals surface area contributed by atoms with Gasteiger partial charge in [0.05, 0.1) is 6.61 Å². The Morgan fingerprint density at radius 1 is 1.45 bits per heavy atom. The first-order valence-corrected chi connectivity index (χ1v) is 6.73. The van der Waals surface area contributed by atoms with Crippen molar-refractivity contribution in [2.45, 2.75) is 25.0 Å². The number of carbonyl (C=O) groups is 1. The molecular weight excluding hydrogens is 263 g/mol. The van der Waals surface area contributed by atoms with Crippen molar-refractivity contribution >= 4 is 6.09 Å². The lowest BCUT2D eigenvalue weighted by Gasteiger charge is -2.30. The zero-order chi connectivity index (χ0) is 14.4. The summed E-state index contributed by atoms with van der Waals surface area (Å²) in [5.74, 6) is -0.263. The molecule has 0 spiro atoms. The number of halogens is 1. The van der Waals surface area contributed by atoms with Gasteiger partial charge in [-0.1, -0.05) is 12.1 Å². The van der Waals surface area contributed by atoms with Crippen LogP contribution in [0.5, 0.6) is 0 Å². The van der Waals surface area contributed by atoms with Crippen molar-refractivity contribution in [1.29, 1.82) is 0 Å². The minimum Gasteiger partial charge on any atom is -0.446 e. The Kier molecular flexibility index (Phi) is 5.31. The first-order chi connectivity index (χ1) is 9.69. The van der Waals surface area contributed by atoms with Crippen molar-refractivity contribution in [3.8, 4) is 0 Å². The number of amides is 1. The highest BCUT2D eigenvalue weighted by molar-refractivity contribution is 5.67. The molecule has 2 atom stereocenters. The first kappa shape index (κ1) is 14.7. The minimum atomic E-state index is -0.510. The number of rotatable bonds is 4. The molecule has 1 heterocycles. The smallest absolute Gasteiger partial charge is 0.407 e. The summed E-state index contributed by atoms with van der Waals surface area (Å²) in [6.07, 6.45) is 0.705. The molecular formula is C14H19FN2O3. The van der Waals surface area contributed by atoms with Gasteiger partial charge in [-0.2, -0.15) is 0 Å². The maximum absolute atomic E-state index is 12.9. The van der Waals surface area contributed by atoms with Crippen LogP contribution in [0.1, 0.15) is 24.4 Å². The largest absolute Gasteiger partial charge is 0.446 e. The molecule has 1 fully saturated rings. The summed E-state index contributed by atoms with van der Waals surface area (Å²) < 4.78 is 18.2. The van der Waals surface area contributed by atoms with Gasteiger partial charge in [0.1, 0.15) is 11.9 Å². The third-order valence-corrected chi connectivity index (χ3v) is 3.28. The number of hydrogen-bond donors (Lipinski definition) is 3. The summed E-state index contributed by atoms with van der Waals surface area (Å²) in [7, 11) is 0. The van der Waals surface area contributed by atoms with Gasteiger partial charge in [0.15, 0.2) is 0 Å². The average Bonchev–Trinajstić information content (AvgIpc) is 2.46. The molecule has 20 heavy (non-hydrogen) atoms. The Labute approximate surface area is 117 Å². The molecule has 1 saturated heterocycles. The van der Waals surface area contributed by atoms with Gasteiger partial charge in [-0.25, -0.2) is 9.18 Å². The second kappa shape index (κ2) is 7.21. The number of piperidine rings is 1. The molecule has 0 unspecified atom stereocenters. The Hall–Kier alpha value is -1.66. The van der Waals surface area contributed by atoms with Crippen LogP contribution >= 0.6 is 0 Å². The van der Waals surface area contributed by atoms with Crippen LogP contribution in [0.3, 0.4) is 0 Å². The third kappa shape index (κ3) is 4.18. The average molecular weight is 282 g/mol. The highest BCUT2D eigenvalue weighted by Gasteiger charge is 2.25. The van der Waals surface area contributed by atoms with Crippen LogP contribution in [0.4, 0.5) is 9.18 Å². The number of hydrogen-bond acceptors (Lipinski definition) is 4. The number of ether oxygens (including phenoxy) is 1. The molecule has 5 nitrogen and oxygen atoms in total. The van der Waals surface area contributed by atoms with Gasteiger partial charge >= 0.3 is 6.09 Å². The SMILES string of the molecule is O=C(NCCO)O[C@@H]1CCN[C@H](c2ccc(F)cc2)C1. The summed E-state index contributed by atoms with van der Waals surface area (Å²) in [4.78, 5) is 11.4. The molecule has 0 radical (unpaired) electrons. The van der Waals surface area contributed by atoms with Gasteiger partial charge in [0.2, 0.25) is 0 Å². The van der Waals surface area contributed by atoms with Crippen molar-refractivity contribution in [3.05, 3.63) is 35.6 Å². The predicted octanol–water partition coefficient (Wildman–Crippen LogP) is 1.34. The standard InChI is InChI=1S/C14H19FN2O3/c15-11-3-1-10(2-4-11)13-9-12(5-6-16-13)20-14(19)17-7-8-18/h1-4,12-13,16,18H,5-9H2,(H,17,19)/t12-,13+/m1/s1. The Morgan fingerprint density at radius 3 is 2.90 bits per heavy atom. The van der Waals surface area contributed by atoms with Crippen molar-refractivity contribution < 1.29 is 19.0 Å². The number of aliphatic hydroxyl groups is 1. The van der Waals surface area contributed by atoms with E-state index >= 15 is 0 Å². The predicted molar refractivity (Wildman–Crippen MR) is 71.7 cm³/mol. The molecule has 3 N–H and O–H groups in total. The van der Waals surface area contributed by atoms with E-state index < -0.39 is 6.09 Å². The zero-order valence-electron chi connectivity index (χ0n) is 11.1. The molecule has 0 aliphatic carbocycles. The number of alkyl carbamates (subject to hydrolysis) is 1. The van der Waals surface area contributed by atoms with Gasteiger partial charge < -0.3 is 20.5 Å². The van der Waals surface area contributed by atoms with E-state index in [1.807, 2.05) is 0 Å². The van der Waals surface area contributed by atoms with E-state index in [9.17, 15) is 9.18 Å². The first-order valence-electron chi connectivity index (χ1n) is 6.73. The summed E-state index contributed by atoms with van der Waals surface area (Å²) in [5.41, 5.74) is 0.982. The summed E-state index contributed by atoms with van der Waals surface area (Å²) in [6, 6.07) is 6.38. The topological polar surface area (TPSA) is 70.6 Å². The Morgan fingerprint density at radius 2 is 2.20 bits per heavy atom. The maximum Gasteiger partial charge on any atom is 0.407 e. The molecule has 0 saturated carbocycles. The van der Waals surface area contributed by atoms with Gasteiger partial charge in [-0.15, -0.1) is 0 Å². The summed E-state index contributed by atoms with van der Waals surface area (Å²) >= 11 is 0. The summed E-state index contributed by atoms with van der Waals surface area (Å²) in [5, 5.41) is 14.4. The fourth-order valence-corrected chi connectivity index (χ4v) is 2.29. The Balaban J connectivity index is 1.88. The maximum atomic E-state index is 12.9. The molecule has 1 aliphatic heterocycles. The fourth-order valence-electron chi connectivity index (χ4n) is 2.29. The number of carbonyl (C=O) groups excluding carboxylic acids is 1. The summed E-state index contributed by atoms with van der Waals surface area (Å²) in [6.45, 7) is 0.810. The van der Waals surface area contributed by atoms with Crippen molar-refractivity contribution in [2.24, 2.45) is 0 Å².